The first kappa shape index (κ1) is 16.0. The summed E-state index contributed by atoms with van der Waals surface area (Å²) in [6.07, 6.45) is -2.99. The van der Waals surface area contributed by atoms with E-state index in [1.165, 1.54) is 18.3 Å². The van der Waals surface area contributed by atoms with Gasteiger partial charge in [0.1, 0.15) is 0 Å². The standard InChI is InChI=1S/C13H14F3N5O/c1-22-6-5-17-11-8-18-21-12(20-11)19-10-4-2-3-9(7-10)13(14,15)16/h2-4,7-8H,5-6H2,1H3,(H2,17,19,20,21). The zero-order chi connectivity index (χ0) is 16.0. The number of nitrogens with one attached hydrogen (secondary N) is 2. The summed E-state index contributed by atoms with van der Waals surface area (Å²) < 4.78 is 42.8. The molecule has 0 spiro atoms. The van der Waals surface area contributed by atoms with Crippen molar-refractivity contribution in [2.45, 2.75) is 6.18 Å². The fourth-order valence-electron chi connectivity index (χ4n) is 1.63. The molecule has 1 aromatic carbocycles. The van der Waals surface area contributed by atoms with Gasteiger partial charge >= 0.3 is 6.18 Å². The van der Waals surface area contributed by atoms with Gasteiger partial charge in [0, 0.05) is 19.3 Å². The van der Waals surface area contributed by atoms with E-state index in [4.69, 9.17) is 4.74 Å². The van der Waals surface area contributed by atoms with Crippen molar-refractivity contribution in [2.75, 3.05) is 30.9 Å². The van der Waals surface area contributed by atoms with E-state index in [2.05, 4.69) is 25.8 Å². The van der Waals surface area contributed by atoms with Crippen LogP contribution in [0.4, 0.5) is 30.6 Å². The maximum absolute atomic E-state index is 12.7. The molecule has 1 heterocycles. The second-order valence-corrected chi connectivity index (χ2v) is 4.29. The van der Waals surface area contributed by atoms with Crippen molar-refractivity contribution in [1.82, 2.24) is 15.2 Å². The van der Waals surface area contributed by atoms with E-state index in [9.17, 15) is 13.2 Å². The highest BCUT2D eigenvalue weighted by Gasteiger charge is 2.30. The number of aromatic nitrogens is 3. The second kappa shape index (κ2) is 7.03. The number of alkyl halides is 3. The highest BCUT2D eigenvalue weighted by molar-refractivity contribution is 5.55. The van der Waals surface area contributed by atoms with Gasteiger partial charge in [0.15, 0.2) is 5.82 Å². The van der Waals surface area contributed by atoms with Crippen LogP contribution in [-0.4, -0.2) is 35.4 Å². The smallest absolute Gasteiger partial charge is 0.383 e. The van der Waals surface area contributed by atoms with Gasteiger partial charge in [0.2, 0.25) is 5.95 Å². The van der Waals surface area contributed by atoms with Gasteiger partial charge in [-0.05, 0) is 18.2 Å². The van der Waals surface area contributed by atoms with Crippen LogP contribution in [0.25, 0.3) is 0 Å². The summed E-state index contributed by atoms with van der Waals surface area (Å²) in [6, 6.07) is 4.77. The summed E-state index contributed by atoms with van der Waals surface area (Å²) >= 11 is 0. The Labute approximate surface area is 124 Å². The number of ether oxygens (including phenoxy) is 1. The molecule has 22 heavy (non-hydrogen) atoms. The molecule has 6 nitrogen and oxygen atoms in total. The molecule has 0 amide bonds. The Morgan fingerprint density at radius 3 is 2.82 bits per heavy atom. The molecule has 0 saturated carbocycles. The van der Waals surface area contributed by atoms with Crippen LogP contribution in [0.5, 0.6) is 0 Å². The number of benzene rings is 1. The van der Waals surface area contributed by atoms with Crippen LogP contribution in [0, 0.1) is 0 Å². The molecule has 0 saturated heterocycles. The van der Waals surface area contributed by atoms with E-state index in [0.29, 0.717) is 19.0 Å². The monoisotopic (exact) mass is 313 g/mol. The Morgan fingerprint density at radius 1 is 1.27 bits per heavy atom. The number of hydrogen-bond acceptors (Lipinski definition) is 6. The summed E-state index contributed by atoms with van der Waals surface area (Å²) in [5, 5.41) is 13.1. The van der Waals surface area contributed by atoms with Crippen molar-refractivity contribution in [3.05, 3.63) is 36.0 Å². The van der Waals surface area contributed by atoms with Crippen molar-refractivity contribution in [3.8, 4) is 0 Å². The SMILES string of the molecule is COCCNc1cnnc(Nc2cccc(C(F)(F)F)c2)n1. The van der Waals surface area contributed by atoms with Gasteiger partial charge in [0.05, 0.1) is 18.4 Å². The maximum Gasteiger partial charge on any atom is 0.416 e. The Hall–Kier alpha value is -2.42. The third-order valence-electron chi connectivity index (χ3n) is 2.62. The fourth-order valence-corrected chi connectivity index (χ4v) is 1.63. The molecule has 0 aliphatic rings. The molecular formula is C13H14F3N5O. The molecular weight excluding hydrogens is 299 g/mol. The van der Waals surface area contributed by atoms with Gasteiger partial charge in [-0.2, -0.15) is 23.3 Å². The van der Waals surface area contributed by atoms with Gasteiger partial charge in [-0.3, -0.25) is 0 Å². The van der Waals surface area contributed by atoms with E-state index in [1.54, 1.807) is 7.11 Å². The van der Waals surface area contributed by atoms with E-state index in [1.807, 2.05) is 0 Å². The van der Waals surface area contributed by atoms with Crippen LogP contribution >= 0.6 is 0 Å². The Kier molecular flexibility index (Phi) is 5.10. The lowest BCUT2D eigenvalue weighted by Gasteiger charge is -2.10. The predicted octanol–water partition coefficient (Wildman–Crippen LogP) is 2.69. The fraction of sp³-hybridized carbons (Fsp3) is 0.308. The highest BCUT2D eigenvalue weighted by Crippen LogP contribution is 2.31. The Morgan fingerprint density at radius 2 is 2.09 bits per heavy atom. The lowest BCUT2D eigenvalue weighted by molar-refractivity contribution is -0.137. The lowest BCUT2D eigenvalue weighted by atomic mass is 10.2. The minimum Gasteiger partial charge on any atom is -0.383 e. The number of halogens is 3. The van der Waals surface area contributed by atoms with Crippen molar-refractivity contribution in [3.63, 3.8) is 0 Å². The van der Waals surface area contributed by atoms with Gasteiger partial charge in [-0.25, -0.2) is 0 Å². The molecule has 0 radical (unpaired) electrons. The average molecular weight is 313 g/mol. The highest BCUT2D eigenvalue weighted by atomic mass is 19.4. The molecule has 0 bridgehead atoms. The third-order valence-corrected chi connectivity index (χ3v) is 2.62. The van der Waals surface area contributed by atoms with Crippen LogP contribution < -0.4 is 10.6 Å². The van der Waals surface area contributed by atoms with Crippen molar-refractivity contribution in [2.24, 2.45) is 0 Å². The zero-order valence-corrected chi connectivity index (χ0v) is 11.7. The Bertz CT molecular complexity index is 621. The molecule has 2 N–H and O–H groups in total. The largest absolute Gasteiger partial charge is 0.416 e. The van der Waals surface area contributed by atoms with Crippen molar-refractivity contribution in [1.29, 1.82) is 0 Å². The summed E-state index contributed by atoms with van der Waals surface area (Å²) in [4.78, 5) is 4.10. The number of hydrogen-bond donors (Lipinski definition) is 2. The Balaban J connectivity index is 2.09. The molecule has 118 valence electrons. The van der Waals surface area contributed by atoms with Crippen molar-refractivity contribution >= 4 is 17.5 Å². The molecule has 0 aliphatic heterocycles. The molecule has 0 unspecified atom stereocenters. The normalized spacial score (nSPS) is 11.3. The molecule has 1 aromatic heterocycles. The lowest BCUT2D eigenvalue weighted by Crippen LogP contribution is -2.10. The molecule has 0 atom stereocenters. The summed E-state index contributed by atoms with van der Waals surface area (Å²) in [5.41, 5.74) is -0.523. The molecule has 9 heteroatoms. The van der Waals surface area contributed by atoms with Crippen LogP contribution in [-0.2, 0) is 10.9 Å². The third kappa shape index (κ3) is 4.55. The summed E-state index contributed by atoms with van der Waals surface area (Å²) in [5.74, 6) is 0.545. The van der Waals surface area contributed by atoms with E-state index in [0.717, 1.165) is 12.1 Å². The van der Waals surface area contributed by atoms with Gasteiger partial charge in [-0.15, -0.1) is 5.10 Å². The second-order valence-electron chi connectivity index (χ2n) is 4.29. The predicted molar refractivity (Wildman–Crippen MR) is 74.9 cm³/mol. The topological polar surface area (TPSA) is 72.0 Å². The molecule has 0 aliphatic carbocycles. The molecule has 2 aromatic rings. The van der Waals surface area contributed by atoms with Crippen LogP contribution in [0.2, 0.25) is 0 Å². The first-order valence-corrected chi connectivity index (χ1v) is 6.36. The van der Waals surface area contributed by atoms with E-state index < -0.39 is 11.7 Å². The van der Waals surface area contributed by atoms with Gasteiger partial charge < -0.3 is 15.4 Å². The van der Waals surface area contributed by atoms with E-state index in [-0.39, 0.29) is 11.6 Å². The number of methoxy groups -OCH3 is 1. The minimum absolute atomic E-state index is 0.0988. The first-order chi connectivity index (χ1) is 10.5. The zero-order valence-electron chi connectivity index (χ0n) is 11.7. The van der Waals surface area contributed by atoms with Crippen LogP contribution in [0.15, 0.2) is 30.5 Å². The summed E-state index contributed by atoms with van der Waals surface area (Å²) in [6.45, 7) is 1.01. The number of anilines is 3. The average Bonchev–Trinajstić information content (AvgIpc) is 2.47. The molecule has 2 rings (SSSR count). The van der Waals surface area contributed by atoms with E-state index >= 15 is 0 Å². The minimum atomic E-state index is -4.40. The van der Waals surface area contributed by atoms with Gasteiger partial charge in [-0.1, -0.05) is 6.07 Å². The van der Waals surface area contributed by atoms with Crippen molar-refractivity contribution < 1.29 is 17.9 Å². The quantitative estimate of drug-likeness (QED) is 0.799. The van der Waals surface area contributed by atoms with Crippen LogP contribution in [0.1, 0.15) is 5.56 Å². The first-order valence-electron chi connectivity index (χ1n) is 6.36. The molecule has 0 fully saturated rings. The maximum atomic E-state index is 12.7. The van der Waals surface area contributed by atoms with Gasteiger partial charge in [0.25, 0.3) is 0 Å². The number of rotatable bonds is 6. The van der Waals surface area contributed by atoms with Crippen LogP contribution in [0.3, 0.4) is 0 Å². The summed E-state index contributed by atoms with van der Waals surface area (Å²) in [7, 11) is 1.57. The number of nitrogens with zero attached hydrogens (tertiary/aromatic N) is 3.